The first-order chi connectivity index (χ1) is 6.16. The van der Waals surface area contributed by atoms with Gasteiger partial charge in [0.1, 0.15) is 0 Å². The van der Waals surface area contributed by atoms with Crippen molar-refractivity contribution in [3.8, 4) is 0 Å². The van der Waals surface area contributed by atoms with Gasteiger partial charge in [-0.05, 0) is 0 Å². The van der Waals surface area contributed by atoms with Crippen LogP contribution in [0.1, 0.15) is 40.0 Å². The zero-order chi connectivity index (χ0) is 10.1. The fraction of sp³-hybridized carbons (Fsp3) is 0.900. The van der Waals surface area contributed by atoms with Crippen LogP contribution in [-0.4, -0.2) is 33.0 Å². The number of hydrogen-bond donors (Lipinski definition) is 0. The van der Waals surface area contributed by atoms with Gasteiger partial charge in [-0.25, -0.2) is 0 Å². The Morgan fingerprint density at radius 1 is 1.46 bits per heavy atom. The molecule has 0 bridgehead atoms. The summed E-state index contributed by atoms with van der Waals surface area (Å²) in [5.74, 6) is -0.151. The maximum absolute atomic E-state index is 10.6. The van der Waals surface area contributed by atoms with Crippen LogP contribution in [0.25, 0.3) is 0 Å². The minimum atomic E-state index is -0.151. The second kappa shape index (κ2) is 8.84. The summed E-state index contributed by atoms with van der Waals surface area (Å²) in [6, 6.07) is 0. The number of unbranched alkanes of at least 4 members (excludes halogenated alkanes) is 1. The fourth-order valence-corrected chi connectivity index (χ4v) is 4.35. The molecule has 0 rings (SSSR count). The molecule has 0 saturated carbocycles. The molecule has 0 aromatic carbocycles. The minimum absolute atomic E-state index is 0.129. The summed E-state index contributed by atoms with van der Waals surface area (Å²) in [5, 5.41) is 0. The van der Waals surface area contributed by atoms with Gasteiger partial charge in [0.2, 0.25) is 0 Å². The molecule has 0 heterocycles. The molecular formula is C10H20O2Te. The van der Waals surface area contributed by atoms with Gasteiger partial charge in [0.05, 0.1) is 0 Å². The van der Waals surface area contributed by atoms with Gasteiger partial charge in [-0.1, -0.05) is 0 Å². The number of rotatable bonds is 7. The van der Waals surface area contributed by atoms with E-state index in [1.807, 2.05) is 6.92 Å². The molecule has 0 aromatic heterocycles. The van der Waals surface area contributed by atoms with E-state index in [0.717, 1.165) is 6.42 Å². The molecule has 0 N–H and O–H groups in total. The number of carbonyl (C=O) groups excluding carboxylic acids is 1. The number of ether oxygens (including phenoxy) is 1. The van der Waals surface area contributed by atoms with Crippen molar-refractivity contribution in [1.29, 1.82) is 0 Å². The monoisotopic (exact) mass is 302 g/mol. The Morgan fingerprint density at radius 2 is 2.15 bits per heavy atom. The van der Waals surface area contributed by atoms with Gasteiger partial charge in [-0.3, -0.25) is 0 Å². The zero-order valence-electron chi connectivity index (χ0n) is 8.84. The molecule has 13 heavy (non-hydrogen) atoms. The summed E-state index contributed by atoms with van der Waals surface area (Å²) >= 11 is 0.205. The van der Waals surface area contributed by atoms with Crippen LogP contribution in [0.5, 0.6) is 0 Å². The van der Waals surface area contributed by atoms with E-state index < -0.39 is 0 Å². The van der Waals surface area contributed by atoms with Crippen molar-refractivity contribution >= 4 is 26.9 Å². The number of hydrogen-bond acceptors (Lipinski definition) is 2. The standard InChI is InChI=1S/C10H20O2Te/c1-4-5-7-13-8-6-9(2)12-10(3)11/h9H,4-8H2,1-3H3/t9-/m1/s1. The predicted octanol–water partition coefficient (Wildman–Crippen LogP) is 2.67. The third-order valence-corrected chi connectivity index (χ3v) is 4.82. The fourth-order valence-electron chi connectivity index (χ4n) is 0.940. The zero-order valence-corrected chi connectivity index (χ0v) is 11.2. The van der Waals surface area contributed by atoms with E-state index >= 15 is 0 Å². The molecule has 0 fully saturated rings. The van der Waals surface area contributed by atoms with Gasteiger partial charge in [-0.2, -0.15) is 0 Å². The van der Waals surface area contributed by atoms with Crippen molar-refractivity contribution in [2.45, 2.75) is 55.1 Å². The van der Waals surface area contributed by atoms with Crippen LogP contribution >= 0.6 is 0 Å². The van der Waals surface area contributed by atoms with Crippen LogP contribution in [0, 0.1) is 0 Å². The Morgan fingerprint density at radius 3 is 2.69 bits per heavy atom. The van der Waals surface area contributed by atoms with E-state index in [4.69, 9.17) is 4.74 Å². The van der Waals surface area contributed by atoms with E-state index in [1.165, 1.54) is 28.7 Å². The van der Waals surface area contributed by atoms with E-state index in [1.54, 1.807) is 0 Å². The Hall–Kier alpha value is 0.260. The third kappa shape index (κ3) is 10.2. The van der Waals surface area contributed by atoms with Crippen LogP contribution in [0.4, 0.5) is 0 Å². The molecule has 0 aliphatic heterocycles. The number of esters is 1. The molecule has 78 valence electrons. The second-order valence-corrected chi connectivity index (χ2v) is 6.67. The molecule has 0 aliphatic rings. The predicted molar refractivity (Wildman–Crippen MR) is 56.1 cm³/mol. The van der Waals surface area contributed by atoms with Crippen molar-refractivity contribution in [1.82, 2.24) is 0 Å². The van der Waals surface area contributed by atoms with Crippen molar-refractivity contribution in [3.63, 3.8) is 0 Å². The molecule has 3 heteroatoms. The van der Waals surface area contributed by atoms with Crippen molar-refractivity contribution < 1.29 is 9.53 Å². The van der Waals surface area contributed by atoms with Gasteiger partial charge < -0.3 is 0 Å². The topological polar surface area (TPSA) is 26.3 Å². The first-order valence-electron chi connectivity index (χ1n) is 4.91. The van der Waals surface area contributed by atoms with Crippen LogP contribution in [0.3, 0.4) is 0 Å². The molecule has 1 atom stereocenters. The van der Waals surface area contributed by atoms with Crippen LogP contribution < -0.4 is 0 Å². The summed E-state index contributed by atoms with van der Waals surface area (Å²) in [6.07, 6.45) is 3.88. The van der Waals surface area contributed by atoms with Gasteiger partial charge in [-0.15, -0.1) is 0 Å². The molecule has 0 saturated heterocycles. The van der Waals surface area contributed by atoms with E-state index in [-0.39, 0.29) is 33.0 Å². The van der Waals surface area contributed by atoms with E-state index in [0.29, 0.717) is 0 Å². The van der Waals surface area contributed by atoms with E-state index in [2.05, 4.69) is 6.92 Å². The van der Waals surface area contributed by atoms with Gasteiger partial charge >= 0.3 is 91.5 Å². The molecule has 0 radical (unpaired) electrons. The Kier molecular flexibility index (Phi) is 9.02. The second-order valence-electron chi connectivity index (χ2n) is 3.17. The van der Waals surface area contributed by atoms with E-state index in [9.17, 15) is 4.79 Å². The van der Waals surface area contributed by atoms with Gasteiger partial charge in [0, 0.05) is 0 Å². The summed E-state index contributed by atoms with van der Waals surface area (Å²) in [7, 11) is 0. The average Bonchev–Trinajstić information content (AvgIpc) is 2.02. The SMILES string of the molecule is CCCC[Te]CC[C@@H](C)OC(C)=O. The van der Waals surface area contributed by atoms with Crippen LogP contribution in [0.2, 0.25) is 8.94 Å². The summed E-state index contributed by atoms with van der Waals surface area (Å²) in [5.41, 5.74) is 0. The Labute approximate surface area is 91.5 Å². The van der Waals surface area contributed by atoms with Crippen molar-refractivity contribution in [3.05, 3.63) is 0 Å². The van der Waals surface area contributed by atoms with Gasteiger partial charge in [0.25, 0.3) is 0 Å². The molecule has 2 nitrogen and oxygen atoms in total. The average molecular weight is 300 g/mol. The maximum atomic E-state index is 10.6. The Bertz CT molecular complexity index is 137. The normalized spacial score (nSPS) is 12.5. The molecule has 0 amide bonds. The quantitative estimate of drug-likeness (QED) is 0.410. The Balaban J connectivity index is 3.17. The molecule has 0 spiro atoms. The first kappa shape index (κ1) is 13.3. The molecule has 0 aromatic rings. The molecular weight excluding hydrogens is 280 g/mol. The first-order valence-corrected chi connectivity index (χ1v) is 8.21. The molecule has 0 unspecified atom stereocenters. The van der Waals surface area contributed by atoms with Crippen LogP contribution in [-0.2, 0) is 9.53 Å². The third-order valence-electron chi connectivity index (χ3n) is 1.68. The van der Waals surface area contributed by atoms with Crippen molar-refractivity contribution in [2.75, 3.05) is 0 Å². The summed E-state index contributed by atoms with van der Waals surface area (Å²) < 4.78 is 7.78. The van der Waals surface area contributed by atoms with Crippen LogP contribution in [0.15, 0.2) is 0 Å². The number of carbonyl (C=O) groups is 1. The summed E-state index contributed by atoms with van der Waals surface area (Å²) in [4.78, 5) is 10.6. The molecule has 0 aliphatic carbocycles. The van der Waals surface area contributed by atoms with Gasteiger partial charge in [0.15, 0.2) is 0 Å². The summed E-state index contributed by atoms with van der Waals surface area (Å²) in [6.45, 7) is 5.69. The van der Waals surface area contributed by atoms with Crippen molar-refractivity contribution in [2.24, 2.45) is 0 Å².